The highest BCUT2D eigenvalue weighted by Gasteiger charge is 2.47. The van der Waals surface area contributed by atoms with E-state index in [-0.39, 0.29) is 6.71 Å². The monoisotopic (exact) mass is 754 g/mol. The molecule has 6 heterocycles. The van der Waals surface area contributed by atoms with E-state index in [2.05, 4.69) is 172 Å². The fourth-order valence-electron chi connectivity index (χ4n) is 10.4. The van der Waals surface area contributed by atoms with Crippen molar-refractivity contribution in [2.45, 2.75) is 0 Å². The lowest BCUT2D eigenvalue weighted by molar-refractivity contribution is 0.669. The number of rotatable bonds is 2. The minimum atomic E-state index is -0.0613. The molecule has 0 fully saturated rings. The minimum Gasteiger partial charge on any atom is -0.456 e. The Bertz CT molecular complexity index is 3680. The van der Waals surface area contributed by atoms with Crippen LogP contribution in [0.2, 0.25) is 0 Å². The zero-order valence-corrected chi connectivity index (χ0v) is 31.6. The van der Waals surface area contributed by atoms with Crippen molar-refractivity contribution in [2.75, 3.05) is 9.80 Å². The molecule has 5 nitrogen and oxygen atoms in total. The van der Waals surface area contributed by atoms with Gasteiger partial charge in [0, 0.05) is 53.5 Å². The van der Waals surface area contributed by atoms with Crippen molar-refractivity contribution in [1.82, 2.24) is 4.57 Å². The van der Waals surface area contributed by atoms with E-state index in [0.717, 1.165) is 50.4 Å². The van der Waals surface area contributed by atoms with Crippen LogP contribution in [-0.4, -0.2) is 11.3 Å². The average molecular weight is 755 g/mol. The number of anilines is 6. The molecule has 0 N–H and O–H groups in total. The van der Waals surface area contributed by atoms with Gasteiger partial charge < -0.3 is 18.8 Å². The van der Waals surface area contributed by atoms with Gasteiger partial charge in [-0.2, -0.15) is 5.26 Å². The molecule has 3 aliphatic heterocycles. The third-order valence-corrected chi connectivity index (χ3v) is 13.9. The van der Waals surface area contributed by atoms with E-state index in [4.69, 9.17) is 4.42 Å². The number of hydrogen-bond donors (Lipinski definition) is 0. The first-order valence-electron chi connectivity index (χ1n) is 19.6. The fraction of sp³-hybridized carbons (Fsp3) is 0. The van der Waals surface area contributed by atoms with Crippen molar-refractivity contribution in [1.29, 1.82) is 5.26 Å². The largest absolute Gasteiger partial charge is 0.456 e. The smallest absolute Gasteiger partial charge is 0.264 e. The average Bonchev–Trinajstić information content (AvgIpc) is 3.96. The maximum Gasteiger partial charge on any atom is 0.264 e. The Labute approximate surface area is 336 Å². The molecule has 0 unspecified atom stereocenters. The van der Waals surface area contributed by atoms with Crippen LogP contribution < -0.4 is 25.5 Å². The first kappa shape index (κ1) is 30.7. The summed E-state index contributed by atoms with van der Waals surface area (Å²) in [5.74, 6) is 0. The van der Waals surface area contributed by atoms with Crippen LogP contribution in [0, 0.1) is 11.3 Å². The second-order valence-corrected chi connectivity index (χ2v) is 16.6. The van der Waals surface area contributed by atoms with Gasteiger partial charge in [0.25, 0.3) is 6.71 Å². The summed E-state index contributed by atoms with van der Waals surface area (Å²) in [7, 11) is 0. The van der Waals surface area contributed by atoms with Crippen molar-refractivity contribution in [3.8, 4) is 22.9 Å². The maximum absolute atomic E-state index is 10.8. The van der Waals surface area contributed by atoms with Crippen LogP contribution in [0.1, 0.15) is 5.56 Å². The van der Waals surface area contributed by atoms with Gasteiger partial charge in [0.05, 0.1) is 45.4 Å². The number of nitrogens with zero attached hydrogens (tertiary/aromatic N) is 4. The standard InChI is InChI=1S/C51H27BN4OS/c53-28-29-24-42-47-43(25-29)56-40-17-8-14-35-33-12-4-6-16-39(33)55(48(35)40)41-18-9-15-38(50(41)56)52(47)51-49(37-26-31(20-23-46(37)58-51)30-10-2-1-3-11-30)54(42)32-21-22-45-36(27-32)34-13-5-7-19-44(34)57-45/h1-27H. The molecule has 0 amide bonds. The van der Waals surface area contributed by atoms with Gasteiger partial charge >= 0.3 is 0 Å². The predicted molar refractivity (Wildman–Crippen MR) is 241 cm³/mol. The van der Waals surface area contributed by atoms with Crippen LogP contribution in [0.25, 0.3) is 70.6 Å². The molecule has 266 valence electrons. The molecular formula is C51H27BN4OS. The third kappa shape index (κ3) is 3.76. The molecule has 0 aliphatic carbocycles. The molecule has 58 heavy (non-hydrogen) atoms. The quantitative estimate of drug-likeness (QED) is 0.165. The number of hydrogen-bond acceptors (Lipinski definition) is 5. The zero-order valence-electron chi connectivity index (χ0n) is 30.8. The summed E-state index contributed by atoms with van der Waals surface area (Å²) in [6, 6.07) is 61.5. The maximum atomic E-state index is 10.8. The van der Waals surface area contributed by atoms with Gasteiger partial charge in [0.1, 0.15) is 11.2 Å². The van der Waals surface area contributed by atoms with Gasteiger partial charge in [-0.15, -0.1) is 11.3 Å². The lowest BCUT2D eigenvalue weighted by Gasteiger charge is -2.45. The molecule has 0 bridgehead atoms. The van der Waals surface area contributed by atoms with Crippen LogP contribution in [0.3, 0.4) is 0 Å². The predicted octanol–water partition coefficient (Wildman–Crippen LogP) is 11.8. The van der Waals surface area contributed by atoms with E-state index in [1.54, 1.807) is 0 Å². The summed E-state index contributed by atoms with van der Waals surface area (Å²) in [6.45, 7) is -0.0613. The van der Waals surface area contributed by atoms with Crippen molar-refractivity contribution in [3.05, 3.63) is 169 Å². The number of nitriles is 1. The number of fused-ring (bicyclic) bond motifs is 14. The Morgan fingerprint density at radius 1 is 0.534 bits per heavy atom. The van der Waals surface area contributed by atoms with E-state index in [9.17, 15) is 5.26 Å². The fourth-order valence-corrected chi connectivity index (χ4v) is 11.7. The molecule has 11 aromatic rings. The Kier molecular flexibility index (Phi) is 5.74. The minimum absolute atomic E-state index is 0.0613. The van der Waals surface area contributed by atoms with Crippen LogP contribution >= 0.6 is 11.3 Å². The first-order valence-corrected chi connectivity index (χ1v) is 20.4. The van der Waals surface area contributed by atoms with Crippen molar-refractivity contribution < 1.29 is 4.42 Å². The third-order valence-electron chi connectivity index (χ3n) is 12.7. The lowest BCUT2D eigenvalue weighted by Crippen LogP contribution is -2.61. The number of para-hydroxylation sites is 4. The first-order chi connectivity index (χ1) is 28.7. The molecule has 0 saturated heterocycles. The van der Waals surface area contributed by atoms with Gasteiger partial charge in [-0.1, -0.05) is 97.1 Å². The number of furan rings is 1. The van der Waals surface area contributed by atoms with Gasteiger partial charge in [0.15, 0.2) is 0 Å². The molecule has 14 rings (SSSR count). The molecule has 3 aromatic heterocycles. The highest BCUT2D eigenvalue weighted by molar-refractivity contribution is 7.33. The van der Waals surface area contributed by atoms with Crippen molar-refractivity contribution >= 4 is 122 Å². The van der Waals surface area contributed by atoms with E-state index >= 15 is 0 Å². The molecule has 8 aromatic carbocycles. The summed E-state index contributed by atoms with van der Waals surface area (Å²) >= 11 is 1.89. The van der Waals surface area contributed by atoms with E-state index < -0.39 is 0 Å². The van der Waals surface area contributed by atoms with E-state index in [0.29, 0.717) is 5.56 Å². The number of aromatic nitrogens is 1. The van der Waals surface area contributed by atoms with Crippen LogP contribution in [0.15, 0.2) is 168 Å². The molecule has 0 spiro atoms. The Morgan fingerprint density at radius 2 is 1.29 bits per heavy atom. The van der Waals surface area contributed by atoms with Crippen LogP contribution in [0.5, 0.6) is 0 Å². The van der Waals surface area contributed by atoms with E-state index in [1.807, 2.05) is 23.5 Å². The Morgan fingerprint density at radius 3 is 2.19 bits per heavy atom. The zero-order chi connectivity index (χ0) is 37.8. The summed E-state index contributed by atoms with van der Waals surface area (Å²) in [6.07, 6.45) is 0. The molecular weight excluding hydrogens is 727 g/mol. The highest BCUT2D eigenvalue weighted by Crippen LogP contribution is 2.54. The van der Waals surface area contributed by atoms with E-state index in [1.165, 1.54) is 70.1 Å². The number of benzene rings is 8. The number of thiophene rings is 1. The van der Waals surface area contributed by atoms with Crippen LogP contribution in [-0.2, 0) is 0 Å². The molecule has 3 aliphatic rings. The van der Waals surface area contributed by atoms with Crippen molar-refractivity contribution in [3.63, 3.8) is 0 Å². The second kappa shape index (κ2) is 10.9. The molecule has 0 saturated carbocycles. The van der Waals surface area contributed by atoms with Gasteiger partial charge in [-0.3, -0.25) is 0 Å². The molecule has 7 heteroatoms. The molecule has 0 radical (unpaired) electrons. The lowest BCUT2D eigenvalue weighted by atomic mass is 9.36. The molecule has 0 atom stereocenters. The Balaban J connectivity index is 1.13. The summed E-state index contributed by atoms with van der Waals surface area (Å²) < 4.78 is 11.3. The van der Waals surface area contributed by atoms with Crippen LogP contribution in [0.4, 0.5) is 34.1 Å². The Hall–Kier alpha value is -7.53. The summed E-state index contributed by atoms with van der Waals surface area (Å²) in [5.41, 5.74) is 17.3. The second-order valence-electron chi connectivity index (χ2n) is 15.6. The van der Waals surface area contributed by atoms with Gasteiger partial charge in [0.2, 0.25) is 0 Å². The van der Waals surface area contributed by atoms with Crippen molar-refractivity contribution in [2.24, 2.45) is 0 Å². The summed E-state index contributed by atoms with van der Waals surface area (Å²) in [5, 5.41) is 16.7. The topological polar surface area (TPSA) is 48.3 Å². The highest BCUT2D eigenvalue weighted by atomic mass is 32.1. The normalized spacial score (nSPS) is 13.4. The van der Waals surface area contributed by atoms with Gasteiger partial charge in [-0.25, -0.2) is 0 Å². The summed E-state index contributed by atoms with van der Waals surface area (Å²) in [4.78, 5) is 4.90. The SMILES string of the molecule is N#Cc1cc2c3c(c1)N1c4c(cccc4-n4c5ccccc5c5cccc1c54)B3c1sc3ccc(-c4ccccc4)cc3c1N2c1ccc2oc3ccccc3c2c1. The van der Waals surface area contributed by atoms with Gasteiger partial charge in [-0.05, 0) is 88.8 Å².